The molecule has 0 aliphatic carbocycles. The van der Waals surface area contributed by atoms with E-state index in [4.69, 9.17) is 4.74 Å². The Morgan fingerprint density at radius 1 is 1.00 bits per heavy atom. The highest BCUT2D eigenvalue weighted by Gasteiger charge is 2.17. The lowest BCUT2D eigenvalue weighted by atomic mass is 10.0. The lowest BCUT2D eigenvalue weighted by molar-refractivity contribution is 0.0478. The van der Waals surface area contributed by atoms with Crippen molar-refractivity contribution in [3.63, 3.8) is 0 Å². The van der Waals surface area contributed by atoms with Crippen molar-refractivity contribution in [3.8, 4) is 11.3 Å². The van der Waals surface area contributed by atoms with Gasteiger partial charge in [0, 0.05) is 10.9 Å². The molecule has 0 radical (unpaired) electrons. The second kappa shape index (κ2) is 7.70. The highest BCUT2D eigenvalue weighted by molar-refractivity contribution is 7.12. The Kier molecular flexibility index (Phi) is 4.95. The number of benzene rings is 2. The predicted molar refractivity (Wildman–Crippen MR) is 106 cm³/mol. The van der Waals surface area contributed by atoms with E-state index < -0.39 is 5.97 Å². The van der Waals surface area contributed by atoms with Crippen molar-refractivity contribution in [3.05, 3.63) is 88.4 Å². The second-order valence-electron chi connectivity index (χ2n) is 6.06. The molecule has 2 heterocycles. The molecule has 0 amide bonds. The number of rotatable bonds is 5. The van der Waals surface area contributed by atoms with Gasteiger partial charge in [-0.25, -0.2) is 14.2 Å². The van der Waals surface area contributed by atoms with Crippen molar-refractivity contribution in [2.24, 2.45) is 0 Å². The summed E-state index contributed by atoms with van der Waals surface area (Å²) in [7, 11) is 0. The molecule has 0 unspecified atom stereocenters. The molecule has 0 spiro atoms. The van der Waals surface area contributed by atoms with Gasteiger partial charge in [-0.15, -0.1) is 11.3 Å². The number of esters is 1. The van der Waals surface area contributed by atoms with E-state index in [1.54, 1.807) is 53.9 Å². The minimum Gasteiger partial charge on any atom is -0.454 e. The highest BCUT2D eigenvalue weighted by Crippen LogP contribution is 2.25. The Morgan fingerprint density at radius 3 is 2.54 bits per heavy atom. The van der Waals surface area contributed by atoms with Gasteiger partial charge in [-0.05, 0) is 47.8 Å². The fourth-order valence-electron chi connectivity index (χ4n) is 2.83. The third-order valence-electron chi connectivity index (χ3n) is 4.21. The van der Waals surface area contributed by atoms with Crippen molar-refractivity contribution < 1.29 is 18.7 Å². The smallest absolute Gasteiger partial charge is 0.339 e. The largest absolute Gasteiger partial charge is 0.454 e. The Balaban J connectivity index is 1.67. The molecule has 138 valence electrons. The van der Waals surface area contributed by atoms with Gasteiger partial charge < -0.3 is 4.74 Å². The van der Waals surface area contributed by atoms with Crippen LogP contribution in [0.3, 0.4) is 0 Å². The van der Waals surface area contributed by atoms with Crippen molar-refractivity contribution in [1.82, 2.24) is 4.98 Å². The SMILES string of the molecule is O=C(COC(=O)c1cc(-c2ccc(F)cc2)nc2ccccc12)c1cccs1. The lowest BCUT2D eigenvalue weighted by Crippen LogP contribution is -2.14. The van der Waals surface area contributed by atoms with Crippen LogP contribution in [-0.2, 0) is 4.74 Å². The summed E-state index contributed by atoms with van der Waals surface area (Å²) in [5, 5.41) is 2.42. The van der Waals surface area contributed by atoms with E-state index in [-0.39, 0.29) is 18.2 Å². The number of carbonyl (C=O) groups is 2. The van der Waals surface area contributed by atoms with Gasteiger partial charge in [-0.2, -0.15) is 0 Å². The van der Waals surface area contributed by atoms with Gasteiger partial charge in [0.15, 0.2) is 6.61 Å². The van der Waals surface area contributed by atoms with Crippen LogP contribution in [0.1, 0.15) is 20.0 Å². The standard InChI is InChI=1S/C22H14FNO3S/c23-15-9-7-14(8-10-15)19-12-17(16-4-1-2-5-18(16)24-19)22(26)27-13-20(25)21-6-3-11-28-21/h1-12H,13H2. The van der Waals surface area contributed by atoms with Crippen LogP contribution in [-0.4, -0.2) is 23.3 Å². The summed E-state index contributed by atoms with van der Waals surface area (Å²) < 4.78 is 18.5. The van der Waals surface area contributed by atoms with Gasteiger partial charge in [-0.1, -0.05) is 24.3 Å². The number of hydrogen-bond acceptors (Lipinski definition) is 5. The fraction of sp³-hybridized carbons (Fsp3) is 0.0455. The molecule has 0 fully saturated rings. The quantitative estimate of drug-likeness (QED) is 0.349. The summed E-state index contributed by atoms with van der Waals surface area (Å²) in [5.41, 5.74) is 2.12. The van der Waals surface area contributed by atoms with Gasteiger partial charge in [-0.3, -0.25) is 4.79 Å². The summed E-state index contributed by atoms with van der Waals surface area (Å²) in [6.07, 6.45) is 0. The summed E-state index contributed by atoms with van der Waals surface area (Å²) in [6.45, 7) is -0.331. The topological polar surface area (TPSA) is 56.3 Å². The molecule has 0 saturated heterocycles. The van der Waals surface area contributed by atoms with Crippen LogP contribution in [0.2, 0.25) is 0 Å². The minimum absolute atomic E-state index is 0.250. The van der Waals surface area contributed by atoms with Crippen LogP contribution in [0.25, 0.3) is 22.2 Å². The van der Waals surface area contributed by atoms with Gasteiger partial charge >= 0.3 is 5.97 Å². The number of nitrogens with zero attached hydrogens (tertiary/aromatic N) is 1. The van der Waals surface area contributed by atoms with E-state index in [0.29, 0.717) is 32.6 Å². The van der Waals surface area contributed by atoms with Gasteiger partial charge in [0.05, 0.1) is 21.7 Å². The van der Waals surface area contributed by atoms with E-state index in [9.17, 15) is 14.0 Å². The normalized spacial score (nSPS) is 10.8. The third-order valence-corrected chi connectivity index (χ3v) is 5.12. The number of ether oxygens (including phenoxy) is 1. The van der Waals surface area contributed by atoms with E-state index >= 15 is 0 Å². The van der Waals surface area contributed by atoms with Crippen LogP contribution in [0.15, 0.2) is 72.1 Å². The van der Waals surface area contributed by atoms with Crippen molar-refractivity contribution in [2.45, 2.75) is 0 Å². The molecule has 28 heavy (non-hydrogen) atoms. The molecular weight excluding hydrogens is 377 g/mol. The van der Waals surface area contributed by atoms with Crippen molar-refractivity contribution in [1.29, 1.82) is 0 Å². The number of ketones is 1. The third kappa shape index (κ3) is 3.68. The summed E-state index contributed by atoms with van der Waals surface area (Å²) in [5.74, 6) is -1.21. The average Bonchev–Trinajstić information content (AvgIpc) is 3.26. The first kappa shape index (κ1) is 18.0. The number of carbonyl (C=O) groups excluding carboxylic acids is 2. The van der Waals surface area contributed by atoms with E-state index in [2.05, 4.69) is 4.98 Å². The zero-order valence-electron chi connectivity index (χ0n) is 14.6. The average molecular weight is 391 g/mol. The highest BCUT2D eigenvalue weighted by atomic mass is 32.1. The second-order valence-corrected chi connectivity index (χ2v) is 7.00. The van der Waals surface area contributed by atoms with Crippen LogP contribution in [0.4, 0.5) is 4.39 Å². The predicted octanol–water partition coefficient (Wildman–Crippen LogP) is 5.14. The maximum absolute atomic E-state index is 13.2. The molecule has 4 nitrogen and oxygen atoms in total. The van der Waals surface area contributed by atoms with Crippen molar-refractivity contribution in [2.75, 3.05) is 6.61 Å². The van der Waals surface area contributed by atoms with Crippen molar-refractivity contribution >= 4 is 34.0 Å². The Labute approximate surface area is 164 Å². The monoisotopic (exact) mass is 391 g/mol. The molecule has 6 heteroatoms. The number of thiophene rings is 1. The molecule has 0 bridgehead atoms. The van der Waals surface area contributed by atoms with Crippen LogP contribution < -0.4 is 0 Å². The zero-order chi connectivity index (χ0) is 19.5. The number of pyridine rings is 1. The molecule has 0 atom stereocenters. The maximum Gasteiger partial charge on any atom is 0.339 e. The molecule has 2 aromatic heterocycles. The number of halogens is 1. The Morgan fingerprint density at radius 2 is 1.79 bits per heavy atom. The number of aromatic nitrogens is 1. The minimum atomic E-state index is -0.605. The summed E-state index contributed by atoms with van der Waals surface area (Å²) >= 11 is 1.30. The first-order valence-corrected chi connectivity index (χ1v) is 9.39. The van der Waals surface area contributed by atoms with Gasteiger partial charge in [0.1, 0.15) is 5.82 Å². The first-order valence-electron chi connectivity index (χ1n) is 8.51. The van der Waals surface area contributed by atoms with E-state index in [0.717, 1.165) is 0 Å². The van der Waals surface area contributed by atoms with Gasteiger partial charge in [0.25, 0.3) is 0 Å². The Bertz CT molecular complexity index is 1150. The molecule has 0 saturated carbocycles. The van der Waals surface area contributed by atoms with E-state index in [1.807, 2.05) is 6.07 Å². The number of Topliss-reactive ketones (excluding diaryl/α,β-unsaturated/α-hetero) is 1. The molecule has 0 aliphatic heterocycles. The van der Waals surface area contributed by atoms with Gasteiger partial charge in [0.2, 0.25) is 5.78 Å². The number of fused-ring (bicyclic) bond motifs is 1. The Hall–Kier alpha value is -3.38. The number of para-hydroxylation sites is 1. The fourth-order valence-corrected chi connectivity index (χ4v) is 3.48. The van der Waals surface area contributed by atoms with Crippen LogP contribution >= 0.6 is 11.3 Å². The van der Waals surface area contributed by atoms with Crippen LogP contribution in [0, 0.1) is 5.82 Å². The molecule has 0 N–H and O–H groups in total. The summed E-state index contributed by atoms with van der Waals surface area (Å²) in [6, 6.07) is 18.1. The summed E-state index contributed by atoms with van der Waals surface area (Å²) in [4.78, 5) is 29.9. The number of hydrogen-bond donors (Lipinski definition) is 0. The van der Waals surface area contributed by atoms with Crippen LogP contribution in [0.5, 0.6) is 0 Å². The molecular formula is C22H14FNO3S. The molecule has 4 rings (SSSR count). The molecule has 4 aromatic rings. The zero-order valence-corrected chi connectivity index (χ0v) is 15.4. The maximum atomic E-state index is 13.2. The van der Waals surface area contributed by atoms with E-state index in [1.165, 1.54) is 23.5 Å². The first-order chi connectivity index (χ1) is 13.6. The molecule has 0 aliphatic rings. The molecule has 2 aromatic carbocycles. The lowest BCUT2D eigenvalue weighted by Gasteiger charge is -2.10.